The summed E-state index contributed by atoms with van der Waals surface area (Å²) in [6.45, 7) is 10.4. The van der Waals surface area contributed by atoms with E-state index >= 15 is 0 Å². The molecular formula is C27H37N3O5. The van der Waals surface area contributed by atoms with E-state index in [1.165, 1.54) is 13.2 Å². The third-order valence-corrected chi connectivity index (χ3v) is 6.38. The molecular weight excluding hydrogens is 446 g/mol. The van der Waals surface area contributed by atoms with Crippen molar-refractivity contribution in [1.29, 1.82) is 0 Å². The Labute approximate surface area is 207 Å². The summed E-state index contributed by atoms with van der Waals surface area (Å²) in [5, 5.41) is 12.6. The third kappa shape index (κ3) is 6.65. The number of ether oxygens (including phenoxy) is 2. The highest BCUT2D eigenvalue weighted by Gasteiger charge is 2.29. The van der Waals surface area contributed by atoms with Gasteiger partial charge in [-0.1, -0.05) is 0 Å². The average molecular weight is 484 g/mol. The SMILES string of the molecule is CCN(c1cc(-c2ccc(O)nc2)cc(C(=O)OC)c1C)C1CCC(NC(=O)OC(C)(C)C)CC1. The number of esters is 1. The van der Waals surface area contributed by atoms with E-state index in [4.69, 9.17) is 9.47 Å². The summed E-state index contributed by atoms with van der Waals surface area (Å²) in [7, 11) is 1.38. The second-order valence-electron chi connectivity index (χ2n) is 10.0. The standard InChI is InChI=1S/C27H37N3O5/c1-7-30(21-11-9-20(10-12-21)29-26(33)35-27(3,4)5)23-15-19(18-8-13-24(31)28-16-18)14-22(17(23)2)25(32)34-6/h8,13-16,20-21H,7,9-12H2,1-6H3,(H,28,31)(H,29,33). The van der Waals surface area contributed by atoms with Gasteiger partial charge in [0.05, 0.1) is 12.7 Å². The number of carbonyl (C=O) groups is 2. The number of hydrogen-bond donors (Lipinski definition) is 2. The number of nitrogens with one attached hydrogen (secondary N) is 1. The van der Waals surface area contributed by atoms with Crippen molar-refractivity contribution < 1.29 is 24.2 Å². The molecule has 1 heterocycles. The molecule has 1 aromatic carbocycles. The van der Waals surface area contributed by atoms with Crippen molar-refractivity contribution >= 4 is 17.7 Å². The van der Waals surface area contributed by atoms with Gasteiger partial charge in [-0.3, -0.25) is 0 Å². The van der Waals surface area contributed by atoms with Crippen molar-refractivity contribution in [3.8, 4) is 17.0 Å². The van der Waals surface area contributed by atoms with Crippen LogP contribution in [0.5, 0.6) is 5.88 Å². The molecule has 0 bridgehead atoms. The highest BCUT2D eigenvalue weighted by atomic mass is 16.6. The highest BCUT2D eigenvalue weighted by Crippen LogP contribution is 2.35. The lowest BCUT2D eigenvalue weighted by atomic mass is 9.89. The summed E-state index contributed by atoms with van der Waals surface area (Å²) < 4.78 is 10.5. The van der Waals surface area contributed by atoms with Crippen molar-refractivity contribution in [3.63, 3.8) is 0 Å². The van der Waals surface area contributed by atoms with Crippen molar-refractivity contribution in [2.24, 2.45) is 0 Å². The van der Waals surface area contributed by atoms with Gasteiger partial charge in [0.1, 0.15) is 5.60 Å². The van der Waals surface area contributed by atoms with E-state index in [0.717, 1.165) is 54.6 Å². The molecule has 8 nitrogen and oxygen atoms in total. The summed E-state index contributed by atoms with van der Waals surface area (Å²) >= 11 is 0. The molecule has 3 rings (SSSR count). The van der Waals surface area contributed by atoms with Gasteiger partial charge in [0.2, 0.25) is 5.88 Å². The molecule has 1 aliphatic rings. The van der Waals surface area contributed by atoms with Gasteiger partial charge in [-0.15, -0.1) is 0 Å². The van der Waals surface area contributed by atoms with Gasteiger partial charge in [-0.05, 0) is 89.6 Å². The van der Waals surface area contributed by atoms with Gasteiger partial charge in [0.25, 0.3) is 0 Å². The summed E-state index contributed by atoms with van der Waals surface area (Å²) in [4.78, 5) is 31.1. The van der Waals surface area contributed by atoms with Gasteiger partial charge >= 0.3 is 12.1 Å². The summed E-state index contributed by atoms with van der Waals surface area (Å²) in [6, 6.07) is 7.55. The fourth-order valence-electron chi connectivity index (χ4n) is 4.67. The van der Waals surface area contributed by atoms with Crippen LogP contribution in [0, 0.1) is 6.92 Å². The Kier molecular flexibility index (Phi) is 8.25. The molecule has 1 amide bonds. The molecule has 1 fully saturated rings. The van der Waals surface area contributed by atoms with Crippen molar-refractivity contribution in [2.75, 3.05) is 18.6 Å². The predicted octanol–water partition coefficient (Wildman–Crippen LogP) is 5.21. The van der Waals surface area contributed by atoms with E-state index in [-0.39, 0.29) is 24.1 Å². The molecule has 190 valence electrons. The van der Waals surface area contributed by atoms with E-state index in [9.17, 15) is 14.7 Å². The van der Waals surface area contributed by atoms with E-state index in [0.29, 0.717) is 5.56 Å². The number of hydrogen-bond acceptors (Lipinski definition) is 7. The van der Waals surface area contributed by atoms with Crippen LogP contribution in [0.2, 0.25) is 0 Å². The Balaban J connectivity index is 1.84. The van der Waals surface area contributed by atoms with Crippen LogP contribution in [0.25, 0.3) is 11.1 Å². The number of aromatic nitrogens is 1. The Morgan fingerprint density at radius 2 is 1.83 bits per heavy atom. The first-order valence-corrected chi connectivity index (χ1v) is 12.2. The number of anilines is 1. The van der Waals surface area contributed by atoms with Crippen LogP contribution in [-0.2, 0) is 9.47 Å². The van der Waals surface area contributed by atoms with Gasteiger partial charge in [-0.2, -0.15) is 0 Å². The topological polar surface area (TPSA) is 101 Å². The van der Waals surface area contributed by atoms with Crippen LogP contribution in [-0.4, -0.2) is 53.5 Å². The number of benzene rings is 1. The molecule has 0 aliphatic heterocycles. The van der Waals surface area contributed by atoms with Gasteiger partial charge in [0.15, 0.2) is 0 Å². The van der Waals surface area contributed by atoms with E-state index in [1.54, 1.807) is 12.3 Å². The van der Waals surface area contributed by atoms with Gasteiger partial charge < -0.3 is 24.8 Å². The van der Waals surface area contributed by atoms with Gasteiger partial charge in [0, 0.05) is 42.1 Å². The Bertz CT molecular complexity index is 1040. The molecule has 1 aromatic heterocycles. The van der Waals surface area contributed by atoms with Crippen LogP contribution < -0.4 is 10.2 Å². The fourth-order valence-corrected chi connectivity index (χ4v) is 4.67. The van der Waals surface area contributed by atoms with Gasteiger partial charge in [-0.25, -0.2) is 14.6 Å². The zero-order valence-corrected chi connectivity index (χ0v) is 21.6. The molecule has 0 saturated heterocycles. The van der Waals surface area contributed by atoms with E-state index in [2.05, 4.69) is 28.2 Å². The smallest absolute Gasteiger partial charge is 0.407 e. The Hall–Kier alpha value is -3.29. The molecule has 8 heteroatoms. The highest BCUT2D eigenvalue weighted by molar-refractivity contribution is 5.95. The third-order valence-electron chi connectivity index (χ3n) is 6.38. The molecule has 1 saturated carbocycles. The first-order valence-electron chi connectivity index (χ1n) is 12.2. The minimum atomic E-state index is -0.521. The van der Waals surface area contributed by atoms with Crippen LogP contribution in [0.4, 0.5) is 10.5 Å². The maximum Gasteiger partial charge on any atom is 0.407 e. The number of rotatable bonds is 6. The second-order valence-corrected chi connectivity index (χ2v) is 10.0. The first kappa shape index (κ1) is 26.3. The summed E-state index contributed by atoms with van der Waals surface area (Å²) in [5.41, 5.74) is 3.46. The largest absolute Gasteiger partial charge is 0.493 e. The molecule has 0 atom stereocenters. The lowest BCUT2D eigenvalue weighted by Gasteiger charge is -2.39. The predicted molar refractivity (Wildman–Crippen MR) is 136 cm³/mol. The number of carbonyl (C=O) groups excluding carboxylic acids is 2. The molecule has 0 spiro atoms. The maximum atomic E-state index is 12.6. The number of amides is 1. The van der Waals surface area contributed by atoms with E-state index < -0.39 is 11.6 Å². The zero-order valence-electron chi connectivity index (χ0n) is 21.6. The fraction of sp³-hybridized carbons (Fsp3) is 0.519. The van der Waals surface area contributed by atoms with Crippen molar-refractivity contribution in [2.45, 2.75) is 78.0 Å². The second kappa shape index (κ2) is 11.0. The molecule has 0 unspecified atom stereocenters. The summed E-state index contributed by atoms with van der Waals surface area (Å²) in [5.74, 6) is -0.445. The number of aromatic hydroxyl groups is 1. The maximum absolute atomic E-state index is 12.6. The van der Waals surface area contributed by atoms with Crippen molar-refractivity contribution in [3.05, 3.63) is 41.6 Å². The number of pyridine rings is 1. The number of methoxy groups -OCH3 is 1. The van der Waals surface area contributed by atoms with Crippen LogP contribution >= 0.6 is 0 Å². The number of nitrogens with zero attached hydrogens (tertiary/aromatic N) is 2. The van der Waals surface area contributed by atoms with Crippen LogP contribution in [0.15, 0.2) is 30.5 Å². The molecule has 1 aliphatic carbocycles. The normalized spacial score (nSPS) is 18.0. The Morgan fingerprint density at radius 1 is 1.14 bits per heavy atom. The zero-order chi connectivity index (χ0) is 25.8. The first-order chi connectivity index (χ1) is 16.5. The minimum absolute atomic E-state index is 0.0544. The minimum Gasteiger partial charge on any atom is -0.493 e. The van der Waals surface area contributed by atoms with Crippen molar-refractivity contribution in [1.82, 2.24) is 10.3 Å². The van der Waals surface area contributed by atoms with Crippen LogP contribution in [0.1, 0.15) is 69.3 Å². The Morgan fingerprint density at radius 3 is 2.37 bits per heavy atom. The molecule has 35 heavy (non-hydrogen) atoms. The lowest BCUT2D eigenvalue weighted by molar-refractivity contribution is 0.0490. The number of alkyl carbamates (subject to hydrolysis) is 1. The monoisotopic (exact) mass is 483 g/mol. The average Bonchev–Trinajstić information content (AvgIpc) is 2.80. The lowest BCUT2D eigenvalue weighted by Crippen LogP contribution is -2.45. The van der Waals surface area contributed by atoms with E-state index in [1.807, 2.05) is 33.8 Å². The quantitative estimate of drug-likeness (QED) is 0.544. The molecule has 2 N–H and O–H groups in total. The van der Waals surface area contributed by atoms with Crippen LogP contribution in [0.3, 0.4) is 0 Å². The molecule has 0 radical (unpaired) electrons. The molecule has 2 aromatic rings. The summed E-state index contributed by atoms with van der Waals surface area (Å²) in [6.07, 6.45) is 4.74.